The zero-order chi connectivity index (χ0) is 34.0. The lowest BCUT2D eigenvalue weighted by Gasteiger charge is -2.34. The van der Waals surface area contributed by atoms with Gasteiger partial charge >= 0.3 is 0 Å². The number of amides is 2. The Balaban J connectivity index is 1.84. The third-order valence-corrected chi connectivity index (χ3v) is 9.89. The molecule has 4 rings (SSSR count). The van der Waals surface area contributed by atoms with Crippen LogP contribution >= 0.6 is 11.6 Å². The monoisotopic (exact) mass is 675 g/mol. The number of aryl methyl sites for hydroxylation is 1. The van der Waals surface area contributed by atoms with Crippen molar-refractivity contribution in [2.45, 2.75) is 64.1 Å². The SMILES string of the molecule is CCOc1ccccc1N(CC(=O)N(Cc1ccc(C)cc1)[C@@H](Cc1ccccc1)C(=O)N[C@@H](C)CC)S(=O)(=O)c1ccc(Cl)cc1. The topological polar surface area (TPSA) is 96.0 Å². The normalized spacial score (nSPS) is 12.5. The van der Waals surface area contributed by atoms with Crippen molar-refractivity contribution in [3.05, 3.63) is 125 Å². The highest BCUT2D eigenvalue weighted by atomic mass is 35.5. The second kappa shape index (κ2) is 16.5. The Hall–Kier alpha value is -4.34. The molecule has 0 radical (unpaired) electrons. The Morgan fingerprint density at radius 1 is 0.851 bits per heavy atom. The van der Waals surface area contributed by atoms with Crippen LogP contribution in [0.25, 0.3) is 0 Å². The summed E-state index contributed by atoms with van der Waals surface area (Å²) >= 11 is 6.09. The summed E-state index contributed by atoms with van der Waals surface area (Å²) in [4.78, 5) is 30.1. The van der Waals surface area contributed by atoms with Gasteiger partial charge in [-0.1, -0.05) is 90.8 Å². The standard InChI is InChI=1S/C37H42ClN3O5S/c1-5-28(4)39-37(43)34(24-29-12-8-7-9-13-29)40(25-30-18-16-27(3)17-19-30)36(42)26-41(33-14-10-11-15-35(33)46-6-2)47(44,45)32-22-20-31(38)21-23-32/h7-23,28,34H,5-6,24-26H2,1-4H3,(H,39,43)/t28-,34-/m0/s1. The number of para-hydroxylation sites is 2. The first kappa shape index (κ1) is 35.5. The van der Waals surface area contributed by atoms with Gasteiger partial charge in [-0.05, 0) is 74.7 Å². The molecule has 1 N–H and O–H groups in total. The third-order valence-electron chi connectivity index (χ3n) is 7.86. The number of anilines is 1. The van der Waals surface area contributed by atoms with E-state index in [4.69, 9.17) is 16.3 Å². The maximum absolute atomic E-state index is 14.7. The first-order valence-corrected chi connectivity index (χ1v) is 17.5. The fourth-order valence-corrected chi connectivity index (χ4v) is 6.62. The van der Waals surface area contributed by atoms with Gasteiger partial charge in [0.25, 0.3) is 10.0 Å². The van der Waals surface area contributed by atoms with E-state index in [2.05, 4.69) is 5.32 Å². The van der Waals surface area contributed by atoms with E-state index in [0.717, 1.165) is 21.0 Å². The highest BCUT2D eigenvalue weighted by Gasteiger charge is 2.35. The number of nitrogens with one attached hydrogen (secondary N) is 1. The van der Waals surface area contributed by atoms with Crippen molar-refractivity contribution in [1.29, 1.82) is 0 Å². The van der Waals surface area contributed by atoms with Gasteiger partial charge in [0, 0.05) is 24.0 Å². The summed E-state index contributed by atoms with van der Waals surface area (Å²) < 4.78 is 35.5. The number of carbonyl (C=O) groups is 2. The zero-order valence-corrected chi connectivity index (χ0v) is 28.8. The molecule has 8 nitrogen and oxygen atoms in total. The van der Waals surface area contributed by atoms with E-state index in [1.54, 1.807) is 31.2 Å². The Morgan fingerprint density at radius 3 is 2.13 bits per heavy atom. The molecular weight excluding hydrogens is 634 g/mol. The predicted molar refractivity (Wildman–Crippen MR) is 187 cm³/mol. The van der Waals surface area contributed by atoms with Gasteiger partial charge in [0.05, 0.1) is 17.2 Å². The lowest BCUT2D eigenvalue weighted by molar-refractivity contribution is -0.140. The van der Waals surface area contributed by atoms with Crippen LogP contribution < -0.4 is 14.4 Å². The van der Waals surface area contributed by atoms with Gasteiger partial charge in [0.1, 0.15) is 18.3 Å². The van der Waals surface area contributed by atoms with Gasteiger partial charge in [-0.25, -0.2) is 8.42 Å². The Morgan fingerprint density at radius 2 is 1.49 bits per heavy atom. The smallest absolute Gasteiger partial charge is 0.264 e. The summed E-state index contributed by atoms with van der Waals surface area (Å²) in [7, 11) is -4.30. The van der Waals surface area contributed by atoms with Crippen LogP contribution in [0.5, 0.6) is 5.75 Å². The van der Waals surface area contributed by atoms with E-state index in [-0.39, 0.29) is 42.1 Å². The molecular formula is C37H42ClN3O5S. The average molecular weight is 676 g/mol. The molecule has 0 aliphatic carbocycles. The van der Waals surface area contributed by atoms with Gasteiger partial charge in [0.15, 0.2) is 0 Å². The molecule has 0 heterocycles. The Bertz CT molecular complexity index is 1730. The van der Waals surface area contributed by atoms with Gasteiger partial charge in [-0.3, -0.25) is 13.9 Å². The maximum atomic E-state index is 14.7. The molecule has 2 atom stereocenters. The summed E-state index contributed by atoms with van der Waals surface area (Å²) in [5.41, 5.74) is 2.93. The maximum Gasteiger partial charge on any atom is 0.264 e. The van der Waals surface area contributed by atoms with Gasteiger partial charge < -0.3 is 15.0 Å². The number of benzene rings is 4. The van der Waals surface area contributed by atoms with E-state index in [9.17, 15) is 18.0 Å². The summed E-state index contributed by atoms with van der Waals surface area (Å²) in [6.07, 6.45) is 0.942. The minimum absolute atomic E-state index is 0.0403. The van der Waals surface area contributed by atoms with Crippen molar-refractivity contribution >= 4 is 39.1 Å². The Labute approximate surface area is 283 Å². The van der Waals surface area contributed by atoms with Gasteiger partial charge in [-0.15, -0.1) is 0 Å². The van der Waals surface area contributed by atoms with Crippen LogP contribution in [0.15, 0.2) is 108 Å². The quantitative estimate of drug-likeness (QED) is 0.150. The molecule has 4 aromatic carbocycles. The van der Waals surface area contributed by atoms with Crippen molar-refractivity contribution < 1.29 is 22.7 Å². The molecule has 0 fully saturated rings. The number of ether oxygens (including phenoxy) is 1. The molecule has 10 heteroatoms. The number of nitrogens with zero attached hydrogens (tertiary/aromatic N) is 2. The summed E-state index contributed by atoms with van der Waals surface area (Å²) in [6, 6.07) is 28.6. The molecule has 0 aliphatic heterocycles. The van der Waals surface area contributed by atoms with Crippen LogP contribution in [0.3, 0.4) is 0 Å². The van der Waals surface area contributed by atoms with Gasteiger partial charge in [0.2, 0.25) is 11.8 Å². The zero-order valence-electron chi connectivity index (χ0n) is 27.2. The molecule has 0 aromatic heterocycles. The van der Waals surface area contributed by atoms with Gasteiger partial charge in [-0.2, -0.15) is 0 Å². The molecule has 47 heavy (non-hydrogen) atoms. The lowest BCUT2D eigenvalue weighted by atomic mass is 10.0. The lowest BCUT2D eigenvalue weighted by Crippen LogP contribution is -2.54. The van der Waals surface area contributed by atoms with Crippen LogP contribution in [0, 0.1) is 6.92 Å². The predicted octanol–water partition coefficient (Wildman–Crippen LogP) is 6.80. The molecule has 0 bridgehead atoms. The van der Waals surface area contributed by atoms with Crippen LogP contribution in [-0.2, 0) is 32.6 Å². The molecule has 248 valence electrons. The molecule has 2 amide bonds. The number of sulfonamides is 1. The highest BCUT2D eigenvalue weighted by molar-refractivity contribution is 7.92. The van der Waals surface area contributed by atoms with Crippen LogP contribution in [0.4, 0.5) is 5.69 Å². The summed E-state index contributed by atoms with van der Waals surface area (Å²) in [5, 5.41) is 3.43. The van der Waals surface area contributed by atoms with Crippen LogP contribution in [0.1, 0.15) is 43.9 Å². The van der Waals surface area contributed by atoms with E-state index >= 15 is 0 Å². The number of rotatable bonds is 15. The number of hydrogen-bond acceptors (Lipinski definition) is 5. The molecule has 0 saturated carbocycles. The average Bonchev–Trinajstić information content (AvgIpc) is 3.07. The van der Waals surface area contributed by atoms with E-state index < -0.39 is 28.5 Å². The molecule has 0 saturated heterocycles. The first-order chi connectivity index (χ1) is 22.5. The van der Waals surface area contributed by atoms with Crippen molar-refractivity contribution in [3.8, 4) is 5.75 Å². The number of hydrogen-bond donors (Lipinski definition) is 1. The molecule has 4 aromatic rings. The third kappa shape index (κ3) is 9.36. The van der Waals surface area contributed by atoms with E-state index in [1.807, 2.05) is 75.4 Å². The van der Waals surface area contributed by atoms with E-state index in [1.165, 1.54) is 29.2 Å². The number of carbonyl (C=O) groups excluding carboxylic acids is 2. The molecule has 0 aliphatic rings. The fourth-order valence-electron chi connectivity index (χ4n) is 5.07. The minimum Gasteiger partial charge on any atom is -0.492 e. The summed E-state index contributed by atoms with van der Waals surface area (Å²) in [6.45, 7) is 7.45. The van der Waals surface area contributed by atoms with Crippen molar-refractivity contribution in [2.24, 2.45) is 0 Å². The van der Waals surface area contributed by atoms with Crippen molar-refractivity contribution in [3.63, 3.8) is 0 Å². The first-order valence-electron chi connectivity index (χ1n) is 15.7. The van der Waals surface area contributed by atoms with Crippen molar-refractivity contribution in [1.82, 2.24) is 10.2 Å². The second-order valence-corrected chi connectivity index (χ2v) is 13.7. The van der Waals surface area contributed by atoms with Crippen LogP contribution in [-0.4, -0.2) is 50.4 Å². The largest absolute Gasteiger partial charge is 0.492 e. The Kier molecular flexibility index (Phi) is 12.4. The summed E-state index contributed by atoms with van der Waals surface area (Å²) in [5.74, 6) is -0.555. The second-order valence-electron chi connectivity index (χ2n) is 11.4. The molecule has 0 spiro atoms. The van der Waals surface area contributed by atoms with Crippen LogP contribution in [0.2, 0.25) is 5.02 Å². The minimum atomic E-state index is -4.30. The fraction of sp³-hybridized carbons (Fsp3) is 0.297. The molecule has 0 unspecified atom stereocenters. The number of halogens is 1. The van der Waals surface area contributed by atoms with Crippen molar-refractivity contribution in [2.75, 3.05) is 17.5 Å². The van der Waals surface area contributed by atoms with E-state index in [0.29, 0.717) is 17.2 Å². The highest BCUT2D eigenvalue weighted by Crippen LogP contribution is 2.33.